The van der Waals surface area contributed by atoms with Gasteiger partial charge < -0.3 is 14.8 Å². The van der Waals surface area contributed by atoms with Crippen LogP contribution in [0.2, 0.25) is 0 Å². The highest BCUT2D eigenvalue weighted by Gasteiger charge is 2.15. The van der Waals surface area contributed by atoms with Crippen LogP contribution < -0.4 is 14.8 Å². The van der Waals surface area contributed by atoms with E-state index in [1.807, 2.05) is 6.92 Å². The summed E-state index contributed by atoms with van der Waals surface area (Å²) in [6.45, 7) is 2.79. The highest BCUT2D eigenvalue weighted by molar-refractivity contribution is 9.10. The molecule has 0 unspecified atom stereocenters. The summed E-state index contributed by atoms with van der Waals surface area (Å²) in [6, 6.07) is 4.17. The third kappa shape index (κ3) is 3.81. The molecule has 7 heteroatoms. The normalized spacial score (nSPS) is 10.3. The second kappa shape index (κ2) is 7.21. The maximum absolute atomic E-state index is 13.3. The van der Waals surface area contributed by atoms with Crippen LogP contribution in [0.3, 0.4) is 0 Å². The quantitative estimate of drug-likeness (QED) is 0.848. The number of hydrogen-bond acceptors (Lipinski definition) is 5. The lowest BCUT2D eigenvalue weighted by molar-refractivity contribution is 0.367. The van der Waals surface area contributed by atoms with Crippen LogP contribution in [0.15, 0.2) is 29.0 Å². The van der Waals surface area contributed by atoms with E-state index in [-0.39, 0.29) is 5.88 Å². The first-order valence-corrected chi connectivity index (χ1v) is 7.20. The summed E-state index contributed by atoms with van der Waals surface area (Å²) in [5.41, 5.74) is 0. The Bertz CT molecular complexity index is 625. The van der Waals surface area contributed by atoms with Crippen LogP contribution in [-0.2, 0) is 0 Å². The molecule has 0 aliphatic heterocycles. The molecule has 0 saturated carbocycles. The van der Waals surface area contributed by atoms with Crippen molar-refractivity contribution in [2.24, 2.45) is 0 Å². The molecule has 0 spiro atoms. The van der Waals surface area contributed by atoms with E-state index in [0.717, 1.165) is 13.0 Å². The molecule has 2 aromatic rings. The molecule has 1 aromatic heterocycles. The van der Waals surface area contributed by atoms with Gasteiger partial charge in [-0.1, -0.05) is 6.92 Å². The summed E-state index contributed by atoms with van der Waals surface area (Å²) in [4.78, 5) is 8.16. The standard InChI is InChI=1S/C14H15BrFN3O2/c1-3-6-17-13-12(20-2)14(19-8-18-13)21-11-7-9(16)4-5-10(11)15/h4-5,7-8H,3,6H2,1-2H3,(H,17,18,19). The van der Waals surface area contributed by atoms with Gasteiger partial charge in [0.2, 0.25) is 5.75 Å². The van der Waals surface area contributed by atoms with E-state index in [1.165, 1.54) is 25.6 Å². The first-order chi connectivity index (χ1) is 10.2. The molecule has 0 radical (unpaired) electrons. The molecule has 1 heterocycles. The number of nitrogens with one attached hydrogen (secondary N) is 1. The van der Waals surface area contributed by atoms with Crippen LogP contribution in [0.5, 0.6) is 17.4 Å². The average molecular weight is 356 g/mol. The number of aromatic nitrogens is 2. The van der Waals surface area contributed by atoms with E-state index in [9.17, 15) is 4.39 Å². The van der Waals surface area contributed by atoms with Crippen LogP contribution in [0.1, 0.15) is 13.3 Å². The maximum atomic E-state index is 13.3. The monoisotopic (exact) mass is 355 g/mol. The van der Waals surface area contributed by atoms with Gasteiger partial charge in [-0.3, -0.25) is 0 Å². The maximum Gasteiger partial charge on any atom is 0.268 e. The van der Waals surface area contributed by atoms with Crippen molar-refractivity contribution in [1.29, 1.82) is 0 Å². The zero-order valence-electron chi connectivity index (χ0n) is 11.7. The van der Waals surface area contributed by atoms with Crippen molar-refractivity contribution in [2.45, 2.75) is 13.3 Å². The highest BCUT2D eigenvalue weighted by atomic mass is 79.9. The van der Waals surface area contributed by atoms with E-state index in [0.29, 0.717) is 21.8 Å². The van der Waals surface area contributed by atoms with E-state index in [2.05, 4.69) is 31.2 Å². The third-order valence-electron chi connectivity index (χ3n) is 2.62. The number of rotatable bonds is 6. The molecule has 2 rings (SSSR count). The van der Waals surface area contributed by atoms with Crippen LogP contribution in [0, 0.1) is 5.82 Å². The Hall–Kier alpha value is -1.89. The molecule has 1 aromatic carbocycles. The van der Waals surface area contributed by atoms with Crippen LogP contribution >= 0.6 is 15.9 Å². The third-order valence-corrected chi connectivity index (χ3v) is 3.27. The van der Waals surface area contributed by atoms with Gasteiger partial charge in [0.1, 0.15) is 17.9 Å². The molecule has 0 fully saturated rings. The van der Waals surface area contributed by atoms with Gasteiger partial charge in [0.05, 0.1) is 11.6 Å². The van der Waals surface area contributed by atoms with Gasteiger partial charge in [-0.25, -0.2) is 9.37 Å². The number of methoxy groups -OCH3 is 1. The Balaban J connectivity index is 2.33. The number of halogens is 2. The van der Waals surface area contributed by atoms with Crippen molar-refractivity contribution >= 4 is 21.7 Å². The van der Waals surface area contributed by atoms with Gasteiger partial charge in [-0.05, 0) is 34.5 Å². The lowest BCUT2D eigenvalue weighted by atomic mass is 10.3. The van der Waals surface area contributed by atoms with E-state index in [4.69, 9.17) is 9.47 Å². The van der Waals surface area contributed by atoms with E-state index < -0.39 is 5.82 Å². The van der Waals surface area contributed by atoms with Gasteiger partial charge >= 0.3 is 0 Å². The summed E-state index contributed by atoms with van der Waals surface area (Å²) in [6.07, 6.45) is 2.31. The summed E-state index contributed by atoms with van der Waals surface area (Å²) in [5, 5.41) is 3.12. The molecule has 0 amide bonds. The Morgan fingerprint density at radius 2 is 2.14 bits per heavy atom. The van der Waals surface area contributed by atoms with Gasteiger partial charge in [0, 0.05) is 12.6 Å². The largest absolute Gasteiger partial charge is 0.489 e. The first kappa shape index (κ1) is 15.5. The summed E-state index contributed by atoms with van der Waals surface area (Å²) in [5.74, 6) is 1.05. The van der Waals surface area contributed by atoms with E-state index >= 15 is 0 Å². The van der Waals surface area contributed by atoms with Crippen LogP contribution in [0.4, 0.5) is 10.2 Å². The van der Waals surface area contributed by atoms with Gasteiger partial charge in [-0.2, -0.15) is 4.98 Å². The Morgan fingerprint density at radius 1 is 1.33 bits per heavy atom. The Morgan fingerprint density at radius 3 is 2.86 bits per heavy atom. The molecular weight excluding hydrogens is 341 g/mol. The molecule has 5 nitrogen and oxygen atoms in total. The summed E-state index contributed by atoms with van der Waals surface area (Å²) >= 11 is 3.30. The lowest BCUT2D eigenvalue weighted by Gasteiger charge is -2.13. The minimum atomic E-state index is -0.398. The lowest BCUT2D eigenvalue weighted by Crippen LogP contribution is -2.06. The first-order valence-electron chi connectivity index (χ1n) is 6.41. The Kier molecular flexibility index (Phi) is 5.32. The van der Waals surface area contributed by atoms with Crippen LogP contribution in [-0.4, -0.2) is 23.6 Å². The highest BCUT2D eigenvalue weighted by Crippen LogP contribution is 2.36. The molecule has 0 saturated heterocycles. The predicted molar refractivity (Wildman–Crippen MR) is 81.5 cm³/mol. The molecule has 0 aliphatic carbocycles. The predicted octanol–water partition coefficient (Wildman–Crippen LogP) is 4.00. The van der Waals surface area contributed by atoms with Gasteiger partial charge in [0.15, 0.2) is 5.82 Å². The van der Waals surface area contributed by atoms with Crippen molar-refractivity contribution in [1.82, 2.24) is 9.97 Å². The number of benzene rings is 1. The van der Waals surface area contributed by atoms with Gasteiger partial charge in [-0.15, -0.1) is 0 Å². The molecular formula is C14H15BrFN3O2. The fourth-order valence-electron chi connectivity index (χ4n) is 1.64. The number of hydrogen-bond donors (Lipinski definition) is 1. The van der Waals surface area contributed by atoms with Crippen LogP contribution in [0.25, 0.3) is 0 Å². The number of ether oxygens (including phenoxy) is 2. The van der Waals surface area contributed by atoms with Crippen molar-refractivity contribution in [3.8, 4) is 17.4 Å². The van der Waals surface area contributed by atoms with Crippen molar-refractivity contribution in [3.05, 3.63) is 34.8 Å². The molecule has 0 bridgehead atoms. The second-order valence-electron chi connectivity index (χ2n) is 4.16. The molecule has 21 heavy (non-hydrogen) atoms. The average Bonchev–Trinajstić information content (AvgIpc) is 2.49. The second-order valence-corrected chi connectivity index (χ2v) is 5.02. The molecule has 0 aliphatic rings. The minimum absolute atomic E-state index is 0.220. The zero-order chi connectivity index (χ0) is 15.2. The van der Waals surface area contributed by atoms with Crippen molar-refractivity contribution in [3.63, 3.8) is 0 Å². The van der Waals surface area contributed by atoms with Crippen molar-refractivity contribution < 1.29 is 13.9 Å². The Labute approximate surface area is 130 Å². The fourth-order valence-corrected chi connectivity index (χ4v) is 1.97. The summed E-state index contributed by atoms with van der Waals surface area (Å²) < 4.78 is 24.8. The fraction of sp³-hybridized carbons (Fsp3) is 0.286. The van der Waals surface area contributed by atoms with Gasteiger partial charge in [0.25, 0.3) is 5.88 Å². The topological polar surface area (TPSA) is 56.3 Å². The molecule has 1 N–H and O–H groups in total. The summed E-state index contributed by atoms with van der Waals surface area (Å²) in [7, 11) is 1.50. The van der Waals surface area contributed by atoms with E-state index in [1.54, 1.807) is 6.07 Å². The smallest absolute Gasteiger partial charge is 0.268 e. The minimum Gasteiger partial charge on any atom is -0.489 e. The molecule has 0 atom stereocenters. The molecule has 112 valence electrons. The number of anilines is 1. The zero-order valence-corrected chi connectivity index (χ0v) is 13.3. The van der Waals surface area contributed by atoms with Crippen molar-refractivity contribution in [2.75, 3.05) is 19.0 Å². The number of nitrogens with zero attached hydrogens (tertiary/aromatic N) is 2. The SMILES string of the molecule is CCCNc1ncnc(Oc2cc(F)ccc2Br)c1OC.